The van der Waals surface area contributed by atoms with Crippen LogP contribution < -0.4 is 4.74 Å². The van der Waals surface area contributed by atoms with Gasteiger partial charge in [-0.2, -0.15) is 0 Å². The molecule has 1 amide bonds. The lowest BCUT2D eigenvalue weighted by molar-refractivity contribution is -0.138. The van der Waals surface area contributed by atoms with E-state index in [0.717, 1.165) is 0 Å². The van der Waals surface area contributed by atoms with E-state index in [-0.39, 0.29) is 36.1 Å². The number of carbonyl (C=O) groups is 1. The van der Waals surface area contributed by atoms with Gasteiger partial charge in [0.15, 0.2) is 16.4 Å². The van der Waals surface area contributed by atoms with Crippen LogP contribution in [-0.4, -0.2) is 74.5 Å². The highest BCUT2D eigenvalue weighted by Crippen LogP contribution is 2.27. The minimum atomic E-state index is -3.10. The van der Waals surface area contributed by atoms with Gasteiger partial charge in [-0.15, -0.1) is 0 Å². The summed E-state index contributed by atoms with van der Waals surface area (Å²) in [6.07, 6.45) is 0. The van der Waals surface area contributed by atoms with Crippen molar-refractivity contribution in [2.24, 2.45) is 0 Å². The Balaban J connectivity index is 1.69. The van der Waals surface area contributed by atoms with Gasteiger partial charge >= 0.3 is 0 Å². The van der Waals surface area contributed by atoms with Crippen molar-refractivity contribution in [2.45, 2.75) is 12.1 Å². The molecule has 23 heavy (non-hydrogen) atoms. The Morgan fingerprint density at radius 3 is 2.70 bits per heavy atom. The lowest BCUT2D eigenvalue weighted by Crippen LogP contribution is -2.60. The van der Waals surface area contributed by atoms with Gasteiger partial charge in [0.1, 0.15) is 5.75 Å². The first-order chi connectivity index (χ1) is 10.9. The molecule has 8 heteroatoms. The molecule has 2 atom stereocenters. The number of likely N-dealkylation sites (N-methyl/N-ethyl adjacent to an activating group) is 1. The summed E-state index contributed by atoms with van der Waals surface area (Å²) in [5.74, 6) is 0.390. The van der Waals surface area contributed by atoms with Gasteiger partial charge in [-0.25, -0.2) is 8.42 Å². The molecule has 0 bridgehead atoms. The molecule has 126 valence electrons. The third-order valence-electron chi connectivity index (χ3n) is 4.46. The van der Waals surface area contributed by atoms with E-state index in [4.69, 9.17) is 16.3 Å². The number of sulfone groups is 1. The summed E-state index contributed by atoms with van der Waals surface area (Å²) in [4.78, 5) is 16.2. The van der Waals surface area contributed by atoms with Gasteiger partial charge in [0.05, 0.1) is 22.6 Å². The Kier molecular flexibility index (Phi) is 4.53. The molecular formula is C15H19ClN2O4S. The van der Waals surface area contributed by atoms with Crippen LogP contribution in [0.1, 0.15) is 0 Å². The molecule has 3 rings (SSSR count). The molecule has 1 aromatic carbocycles. The molecule has 2 heterocycles. The number of para-hydroxylation sites is 1. The zero-order chi connectivity index (χ0) is 16.6. The second-order valence-electron chi connectivity index (χ2n) is 6.00. The normalized spacial score (nSPS) is 26.8. The van der Waals surface area contributed by atoms with Gasteiger partial charge < -0.3 is 9.64 Å². The van der Waals surface area contributed by atoms with E-state index < -0.39 is 9.84 Å². The number of fused-ring (bicyclic) bond motifs is 1. The highest BCUT2D eigenvalue weighted by Gasteiger charge is 2.46. The van der Waals surface area contributed by atoms with Gasteiger partial charge in [-0.3, -0.25) is 9.69 Å². The first-order valence-electron chi connectivity index (χ1n) is 7.45. The first kappa shape index (κ1) is 16.5. The summed E-state index contributed by atoms with van der Waals surface area (Å²) >= 11 is 6.00. The van der Waals surface area contributed by atoms with Crippen LogP contribution in [0.3, 0.4) is 0 Å². The van der Waals surface area contributed by atoms with Crippen molar-refractivity contribution in [1.29, 1.82) is 0 Å². The van der Waals surface area contributed by atoms with E-state index in [9.17, 15) is 13.2 Å². The lowest BCUT2D eigenvalue weighted by atomic mass is 10.1. The molecule has 2 saturated heterocycles. The number of nitrogens with zero attached hydrogens (tertiary/aromatic N) is 2. The van der Waals surface area contributed by atoms with Crippen LogP contribution >= 0.6 is 11.6 Å². The number of hydrogen-bond donors (Lipinski definition) is 0. The highest BCUT2D eigenvalue weighted by molar-refractivity contribution is 7.91. The van der Waals surface area contributed by atoms with E-state index in [1.165, 1.54) is 0 Å². The van der Waals surface area contributed by atoms with E-state index in [1.807, 2.05) is 11.9 Å². The smallest absolute Gasteiger partial charge is 0.260 e. The van der Waals surface area contributed by atoms with Gasteiger partial charge in [0, 0.05) is 19.1 Å². The van der Waals surface area contributed by atoms with Crippen molar-refractivity contribution in [3.8, 4) is 5.75 Å². The lowest BCUT2D eigenvalue weighted by Gasteiger charge is -2.42. The number of carbonyl (C=O) groups excluding carboxylic acids is 1. The van der Waals surface area contributed by atoms with E-state index >= 15 is 0 Å². The fourth-order valence-electron chi connectivity index (χ4n) is 3.22. The molecule has 0 aromatic heterocycles. The van der Waals surface area contributed by atoms with Crippen LogP contribution in [0.2, 0.25) is 5.02 Å². The van der Waals surface area contributed by atoms with Gasteiger partial charge in [0.25, 0.3) is 5.91 Å². The van der Waals surface area contributed by atoms with Crippen LogP contribution in [0.4, 0.5) is 0 Å². The number of ether oxygens (including phenoxy) is 1. The average molecular weight is 359 g/mol. The zero-order valence-electron chi connectivity index (χ0n) is 12.8. The molecule has 1 aromatic rings. The van der Waals surface area contributed by atoms with E-state index in [2.05, 4.69) is 0 Å². The Morgan fingerprint density at radius 1 is 1.26 bits per heavy atom. The largest absolute Gasteiger partial charge is 0.482 e. The van der Waals surface area contributed by atoms with Crippen LogP contribution in [0, 0.1) is 0 Å². The fraction of sp³-hybridized carbons (Fsp3) is 0.533. The molecule has 0 N–H and O–H groups in total. The molecular weight excluding hydrogens is 340 g/mol. The molecule has 2 unspecified atom stereocenters. The van der Waals surface area contributed by atoms with Crippen molar-refractivity contribution in [2.75, 3.05) is 38.2 Å². The van der Waals surface area contributed by atoms with Crippen LogP contribution in [0.25, 0.3) is 0 Å². The van der Waals surface area contributed by atoms with Crippen LogP contribution in [0.15, 0.2) is 24.3 Å². The number of piperazine rings is 1. The maximum absolute atomic E-state index is 12.5. The van der Waals surface area contributed by atoms with Crippen molar-refractivity contribution in [3.63, 3.8) is 0 Å². The van der Waals surface area contributed by atoms with Crippen molar-refractivity contribution < 1.29 is 17.9 Å². The topological polar surface area (TPSA) is 66.9 Å². The molecule has 0 aliphatic carbocycles. The summed E-state index contributed by atoms with van der Waals surface area (Å²) in [5, 5.41) is 0.444. The Hall–Kier alpha value is -1.31. The number of hydrogen-bond acceptors (Lipinski definition) is 5. The minimum Gasteiger partial charge on any atom is -0.482 e. The third kappa shape index (κ3) is 3.46. The highest BCUT2D eigenvalue weighted by atomic mass is 35.5. The standard InChI is InChI=1S/C15H19ClN2O4S/c1-17-6-7-18(13-10-23(20,21)9-12(13)17)15(19)8-22-14-5-3-2-4-11(14)16/h2-5,12-13H,6-10H2,1H3. The summed E-state index contributed by atoms with van der Waals surface area (Å²) < 4.78 is 29.3. The van der Waals surface area contributed by atoms with Gasteiger partial charge in [0.2, 0.25) is 0 Å². The monoisotopic (exact) mass is 358 g/mol. The minimum absolute atomic E-state index is 0.0276. The second-order valence-corrected chi connectivity index (χ2v) is 8.56. The molecule has 0 saturated carbocycles. The average Bonchev–Trinajstić information content (AvgIpc) is 2.82. The number of amides is 1. The van der Waals surface area contributed by atoms with Crippen molar-refractivity contribution in [3.05, 3.63) is 29.3 Å². The maximum Gasteiger partial charge on any atom is 0.260 e. The molecule has 6 nitrogen and oxygen atoms in total. The Morgan fingerprint density at radius 2 is 1.96 bits per heavy atom. The molecule has 0 spiro atoms. The van der Waals surface area contributed by atoms with Crippen LogP contribution in [-0.2, 0) is 14.6 Å². The van der Waals surface area contributed by atoms with Gasteiger partial charge in [-0.05, 0) is 19.2 Å². The summed E-state index contributed by atoms with van der Waals surface area (Å²) in [6, 6.07) is 6.53. The maximum atomic E-state index is 12.5. The third-order valence-corrected chi connectivity index (χ3v) is 6.47. The summed E-state index contributed by atoms with van der Waals surface area (Å²) in [7, 11) is -1.20. The zero-order valence-corrected chi connectivity index (χ0v) is 14.4. The SMILES string of the molecule is CN1CCN(C(=O)COc2ccccc2Cl)C2CS(=O)(=O)CC21. The molecule has 2 fully saturated rings. The molecule has 2 aliphatic heterocycles. The van der Waals surface area contributed by atoms with Crippen molar-refractivity contribution >= 4 is 27.3 Å². The molecule has 2 aliphatic rings. The fourth-order valence-corrected chi connectivity index (χ4v) is 5.47. The quantitative estimate of drug-likeness (QED) is 0.794. The Bertz CT molecular complexity index is 709. The van der Waals surface area contributed by atoms with E-state index in [1.54, 1.807) is 29.2 Å². The summed E-state index contributed by atoms with van der Waals surface area (Å²) in [5.41, 5.74) is 0. The second kappa shape index (κ2) is 6.30. The van der Waals surface area contributed by atoms with Crippen molar-refractivity contribution in [1.82, 2.24) is 9.80 Å². The number of rotatable bonds is 3. The predicted molar refractivity (Wildman–Crippen MR) is 87.5 cm³/mol. The van der Waals surface area contributed by atoms with Gasteiger partial charge in [-0.1, -0.05) is 23.7 Å². The van der Waals surface area contributed by atoms with Crippen LogP contribution in [0.5, 0.6) is 5.75 Å². The number of benzene rings is 1. The number of halogens is 1. The first-order valence-corrected chi connectivity index (χ1v) is 9.65. The summed E-state index contributed by atoms with van der Waals surface area (Å²) in [6.45, 7) is 1.03. The predicted octanol–water partition coefficient (Wildman–Crippen LogP) is 0.658. The Labute approximate surface area is 140 Å². The molecule has 0 radical (unpaired) electrons. The van der Waals surface area contributed by atoms with E-state index in [0.29, 0.717) is 23.9 Å².